The van der Waals surface area contributed by atoms with Crippen LogP contribution in [-0.2, 0) is 6.42 Å². The molecule has 1 aliphatic rings. The van der Waals surface area contributed by atoms with E-state index in [9.17, 15) is 0 Å². The molecule has 1 aromatic carbocycles. The summed E-state index contributed by atoms with van der Waals surface area (Å²) in [5.74, 6) is 1.79. The number of aromatic nitrogens is 3. The quantitative estimate of drug-likeness (QED) is 0.737. The fourth-order valence-electron chi connectivity index (χ4n) is 3.14. The molecule has 1 aliphatic heterocycles. The van der Waals surface area contributed by atoms with Gasteiger partial charge in [-0.2, -0.15) is 0 Å². The summed E-state index contributed by atoms with van der Waals surface area (Å²) in [7, 11) is 6.15. The predicted molar refractivity (Wildman–Crippen MR) is 102 cm³/mol. The van der Waals surface area contributed by atoms with Gasteiger partial charge in [-0.05, 0) is 36.2 Å². The average Bonchev–Trinajstić information content (AvgIpc) is 3.02. The Morgan fingerprint density at radius 2 is 1.80 bits per heavy atom. The molecular weight excluding hydrogens is 310 g/mol. The normalized spacial score (nSPS) is 13.0. The molecule has 0 atom stereocenters. The summed E-state index contributed by atoms with van der Waals surface area (Å²) >= 11 is 0. The summed E-state index contributed by atoms with van der Waals surface area (Å²) in [5.41, 5.74) is 5.42. The topological polar surface area (TPSA) is 45.2 Å². The first kappa shape index (κ1) is 15.6. The van der Waals surface area contributed by atoms with Gasteiger partial charge < -0.3 is 9.80 Å². The zero-order valence-corrected chi connectivity index (χ0v) is 14.8. The lowest BCUT2D eigenvalue weighted by Crippen LogP contribution is -2.13. The molecule has 0 amide bonds. The number of rotatable bonds is 3. The number of hydrogen-bond acceptors (Lipinski definition) is 5. The molecule has 5 nitrogen and oxygen atoms in total. The minimum atomic E-state index is 0.721. The summed E-state index contributed by atoms with van der Waals surface area (Å²) < 4.78 is 0. The molecular formula is C20H21N5. The number of pyridine rings is 1. The molecule has 5 heteroatoms. The fraction of sp³-hybridized carbons (Fsp3) is 0.250. The Morgan fingerprint density at radius 3 is 2.56 bits per heavy atom. The van der Waals surface area contributed by atoms with Crippen molar-refractivity contribution in [2.75, 3.05) is 37.5 Å². The van der Waals surface area contributed by atoms with Gasteiger partial charge >= 0.3 is 0 Å². The highest BCUT2D eigenvalue weighted by Crippen LogP contribution is 2.28. The highest BCUT2D eigenvalue weighted by molar-refractivity contribution is 5.67. The first-order chi connectivity index (χ1) is 12.1. The Kier molecular flexibility index (Phi) is 3.84. The lowest BCUT2D eigenvalue weighted by molar-refractivity contribution is 0.945. The summed E-state index contributed by atoms with van der Waals surface area (Å²) in [5, 5.41) is 0. The molecule has 2 aromatic heterocycles. The number of anilines is 2. The Bertz CT molecular complexity index is 902. The molecule has 0 radical (unpaired) electrons. The van der Waals surface area contributed by atoms with E-state index in [1.165, 1.54) is 11.3 Å². The van der Waals surface area contributed by atoms with E-state index in [4.69, 9.17) is 4.98 Å². The second kappa shape index (κ2) is 6.16. The second-order valence-corrected chi connectivity index (χ2v) is 6.59. The first-order valence-corrected chi connectivity index (χ1v) is 8.43. The van der Waals surface area contributed by atoms with Gasteiger partial charge in [-0.15, -0.1) is 0 Å². The van der Waals surface area contributed by atoms with E-state index in [-0.39, 0.29) is 0 Å². The van der Waals surface area contributed by atoms with E-state index in [0.717, 1.165) is 41.4 Å². The summed E-state index contributed by atoms with van der Waals surface area (Å²) in [6.07, 6.45) is 4.71. The molecule has 25 heavy (non-hydrogen) atoms. The minimum absolute atomic E-state index is 0.721. The van der Waals surface area contributed by atoms with Crippen molar-refractivity contribution >= 4 is 11.5 Å². The first-order valence-electron chi connectivity index (χ1n) is 8.43. The van der Waals surface area contributed by atoms with E-state index in [0.29, 0.717) is 0 Å². The number of benzene rings is 1. The third kappa shape index (κ3) is 2.93. The molecule has 0 unspecified atom stereocenters. The molecule has 0 fully saturated rings. The van der Waals surface area contributed by atoms with Crippen molar-refractivity contribution in [3.8, 4) is 22.6 Å². The molecule has 0 saturated carbocycles. The van der Waals surface area contributed by atoms with Crippen molar-refractivity contribution in [2.24, 2.45) is 0 Å². The van der Waals surface area contributed by atoms with Gasteiger partial charge in [0.05, 0.1) is 5.69 Å². The van der Waals surface area contributed by atoms with Crippen LogP contribution in [0.2, 0.25) is 0 Å². The second-order valence-electron chi connectivity index (χ2n) is 6.59. The average molecular weight is 331 g/mol. The molecule has 0 spiro atoms. The van der Waals surface area contributed by atoms with Crippen molar-refractivity contribution in [1.82, 2.24) is 15.0 Å². The lowest BCUT2D eigenvalue weighted by Gasteiger charge is -2.13. The smallest absolute Gasteiger partial charge is 0.161 e. The maximum Gasteiger partial charge on any atom is 0.161 e. The van der Waals surface area contributed by atoms with Crippen LogP contribution in [0.1, 0.15) is 5.56 Å². The maximum atomic E-state index is 4.75. The van der Waals surface area contributed by atoms with Crippen LogP contribution in [0.3, 0.4) is 0 Å². The van der Waals surface area contributed by atoms with Gasteiger partial charge in [0.1, 0.15) is 5.82 Å². The van der Waals surface area contributed by atoms with E-state index >= 15 is 0 Å². The van der Waals surface area contributed by atoms with E-state index < -0.39 is 0 Å². The van der Waals surface area contributed by atoms with Crippen LogP contribution < -0.4 is 9.80 Å². The number of hydrogen-bond donors (Lipinski definition) is 0. The summed E-state index contributed by atoms with van der Waals surface area (Å²) in [6.45, 7) is 1.02. The Balaban J connectivity index is 1.68. The van der Waals surface area contributed by atoms with Crippen LogP contribution in [0.4, 0.5) is 11.5 Å². The van der Waals surface area contributed by atoms with Crippen LogP contribution in [0, 0.1) is 0 Å². The zero-order chi connectivity index (χ0) is 17.4. The van der Waals surface area contributed by atoms with Gasteiger partial charge in [0, 0.05) is 56.9 Å². The lowest BCUT2D eigenvalue weighted by atomic mass is 10.1. The van der Waals surface area contributed by atoms with Gasteiger partial charge in [0.25, 0.3) is 0 Å². The van der Waals surface area contributed by atoms with Gasteiger partial charge in [-0.3, -0.25) is 0 Å². The highest BCUT2D eigenvalue weighted by Gasteiger charge is 2.18. The highest BCUT2D eigenvalue weighted by atomic mass is 15.2. The van der Waals surface area contributed by atoms with Gasteiger partial charge in [-0.1, -0.05) is 12.1 Å². The van der Waals surface area contributed by atoms with Crippen LogP contribution in [0.15, 0.2) is 48.8 Å². The Hall–Kier alpha value is -2.95. The Morgan fingerprint density at radius 1 is 1.00 bits per heavy atom. The monoisotopic (exact) mass is 331 g/mol. The molecule has 4 rings (SSSR count). The van der Waals surface area contributed by atoms with Crippen molar-refractivity contribution < 1.29 is 0 Å². The fourth-order valence-corrected chi connectivity index (χ4v) is 3.14. The number of nitrogens with zero attached hydrogens (tertiary/aromatic N) is 5. The standard InChI is InChI=1S/C20H21N5/c1-24(2)17-6-4-14(5-7-17)18-8-10-21-19(23-18)16-12-15-9-11-25(3)20(15)22-13-16/h4-8,10,12-13H,9,11H2,1-3H3. The molecule has 0 aliphatic carbocycles. The van der Waals surface area contributed by atoms with Crippen molar-refractivity contribution in [1.29, 1.82) is 0 Å². The van der Waals surface area contributed by atoms with E-state index in [1.807, 2.05) is 32.6 Å². The van der Waals surface area contributed by atoms with Crippen LogP contribution >= 0.6 is 0 Å². The third-order valence-corrected chi connectivity index (χ3v) is 4.61. The Labute approximate surface area is 148 Å². The summed E-state index contributed by atoms with van der Waals surface area (Å²) in [6, 6.07) is 12.5. The number of fused-ring (bicyclic) bond motifs is 1. The van der Waals surface area contributed by atoms with Crippen molar-refractivity contribution in [2.45, 2.75) is 6.42 Å². The summed E-state index contributed by atoms with van der Waals surface area (Å²) in [4.78, 5) is 18.1. The molecule has 126 valence electrons. The molecule has 0 bridgehead atoms. The number of likely N-dealkylation sites (N-methyl/N-ethyl adjacent to an activating group) is 1. The molecule has 3 heterocycles. The predicted octanol–water partition coefficient (Wildman–Crippen LogP) is 3.26. The zero-order valence-electron chi connectivity index (χ0n) is 14.8. The maximum absolute atomic E-state index is 4.75. The van der Waals surface area contributed by atoms with Crippen molar-refractivity contribution in [3.63, 3.8) is 0 Å². The molecule has 0 saturated heterocycles. The van der Waals surface area contributed by atoms with Crippen LogP contribution in [0.5, 0.6) is 0 Å². The minimum Gasteiger partial charge on any atom is -0.378 e. The van der Waals surface area contributed by atoms with E-state index in [2.05, 4.69) is 57.1 Å². The van der Waals surface area contributed by atoms with Gasteiger partial charge in [-0.25, -0.2) is 15.0 Å². The molecule has 0 N–H and O–H groups in total. The van der Waals surface area contributed by atoms with Crippen molar-refractivity contribution in [3.05, 3.63) is 54.4 Å². The van der Waals surface area contributed by atoms with Gasteiger partial charge in [0.15, 0.2) is 5.82 Å². The third-order valence-electron chi connectivity index (χ3n) is 4.61. The van der Waals surface area contributed by atoms with Gasteiger partial charge in [0.2, 0.25) is 0 Å². The van der Waals surface area contributed by atoms with Crippen LogP contribution in [0.25, 0.3) is 22.6 Å². The van der Waals surface area contributed by atoms with E-state index in [1.54, 1.807) is 0 Å². The van der Waals surface area contributed by atoms with Crippen LogP contribution in [-0.4, -0.2) is 42.6 Å². The SMILES string of the molecule is CN(C)c1ccc(-c2ccnc(-c3cnc4c(c3)CCN4C)n2)cc1. The molecule has 3 aromatic rings. The largest absolute Gasteiger partial charge is 0.378 e.